The molecule has 1 fully saturated rings. The smallest absolute Gasteiger partial charge is 0.0229 e. The van der Waals surface area contributed by atoms with Crippen molar-refractivity contribution in [1.29, 1.82) is 0 Å². The van der Waals surface area contributed by atoms with Crippen molar-refractivity contribution in [2.45, 2.75) is 58.3 Å². The Hall–Kier alpha value is -0.780. The molecule has 0 N–H and O–H groups in total. The van der Waals surface area contributed by atoms with Gasteiger partial charge in [0.15, 0.2) is 0 Å². The molecule has 1 aliphatic carbocycles. The van der Waals surface area contributed by atoms with Crippen molar-refractivity contribution in [3.63, 3.8) is 0 Å². The molecule has 0 amide bonds. The highest BCUT2D eigenvalue weighted by Gasteiger charge is 2.17. The summed E-state index contributed by atoms with van der Waals surface area (Å²) in [6, 6.07) is 0. The van der Waals surface area contributed by atoms with E-state index in [4.69, 9.17) is 0 Å². The summed E-state index contributed by atoms with van der Waals surface area (Å²) in [5.74, 6) is 0.818. The lowest BCUT2D eigenvalue weighted by molar-refractivity contribution is 0.473. The molecule has 16 heavy (non-hydrogen) atoms. The van der Waals surface area contributed by atoms with Crippen LogP contribution in [-0.4, -0.2) is 0 Å². The van der Waals surface area contributed by atoms with E-state index in [1.54, 1.807) is 11.1 Å². The largest absolute Gasteiger partial charge is 0.103 e. The van der Waals surface area contributed by atoms with E-state index in [9.17, 15) is 0 Å². The molecule has 0 heteroatoms. The normalized spacial score (nSPS) is 20.6. The first-order valence-electron chi connectivity index (χ1n) is 6.72. The second-order valence-electron chi connectivity index (χ2n) is 4.93. The molecule has 1 atom stereocenters. The SMILES string of the molecule is C=CCCC(CCC=C)=C1CCCCC1C. The molecule has 90 valence electrons. The summed E-state index contributed by atoms with van der Waals surface area (Å²) in [7, 11) is 0. The van der Waals surface area contributed by atoms with Crippen LogP contribution < -0.4 is 0 Å². The average molecular weight is 218 g/mol. The van der Waals surface area contributed by atoms with Crippen LogP contribution in [0.1, 0.15) is 58.3 Å². The molecule has 0 nitrogen and oxygen atoms in total. The van der Waals surface area contributed by atoms with Crippen LogP contribution in [0.25, 0.3) is 0 Å². The molecular weight excluding hydrogens is 192 g/mol. The topological polar surface area (TPSA) is 0 Å². The Kier molecular flexibility index (Phi) is 6.22. The van der Waals surface area contributed by atoms with E-state index in [0.717, 1.165) is 18.8 Å². The summed E-state index contributed by atoms with van der Waals surface area (Å²) in [5.41, 5.74) is 3.46. The summed E-state index contributed by atoms with van der Waals surface area (Å²) in [5, 5.41) is 0. The van der Waals surface area contributed by atoms with Crippen molar-refractivity contribution in [3.05, 3.63) is 36.5 Å². The minimum Gasteiger partial charge on any atom is -0.103 e. The van der Waals surface area contributed by atoms with Gasteiger partial charge in [-0.25, -0.2) is 0 Å². The van der Waals surface area contributed by atoms with Gasteiger partial charge in [-0.15, -0.1) is 13.2 Å². The van der Waals surface area contributed by atoms with Crippen molar-refractivity contribution >= 4 is 0 Å². The zero-order valence-electron chi connectivity index (χ0n) is 10.8. The molecular formula is C16H26. The fourth-order valence-corrected chi connectivity index (χ4v) is 2.71. The standard InChI is InChI=1S/C16H26/c1-4-6-11-15(12-7-5-2)16-13-9-8-10-14(16)3/h4-5,14H,1-2,6-13H2,3H3. The highest BCUT2D eigenvalue weighted by Crippen LogP contribution is 2.34. The van der Waals surface area contributed by atoms with E-state index in [2.05, 4.69) is 20.1 Å². The fraction of sp³-hybridized carbons (Fsp3) is 0.625. The number of allylic oxidation sites excluding steroid dienone is 4. The lowest BCUT2D eigenvalue weighted by Gasteiger charge is -2.25. The quantitative estimate of drug-likeness (QED) is 0.522. The molecule has 0 saturated heterocycles. The third kappa shape index (κ3) is 4.00. The van der Waals surface area contributed by atoms with Gasteiger partial charge in [-0.1, -0.05) is 36.6 Å². The average Bonchev–Trinajstić information content (AvgIpc) is 2.31. The molecule has 0 aromatic heterocycles. The molecule has 0 bridgehead atoms. The highest BCUT2D eigenvalue weighted by atomic mass is 14.2. The molecule has 1 rings (SSSR count). The van der Waals surface area contributed by atoms with Crippen LogP contribution in [0.5, 0.6) is 0 Å². The Morgan fingerprint density at radius 2 is 1.81 bits per heavy atom. The third-order valence-corrected chi connectivity index (χ3v) is 3.68. The number of hydrogen-bond donors (Lipinski definition) is 0. The highest BCUT2D eigenvalue weighted by molar-refractivity contribution is 5.19. The van der Waals surface area contributed by atoms with Crippen LogP contribution in [0.15, 0.2) is 36.5 Å². The molecule has 1 unspecified atom stereocenters. The maximum absolute atomic E-state index is 3.83. The lowest BCUT2D eigenvalue weighted by atomic mass is 9.80. The zero-order chi connectivity index (χ0) is 11.8. The Morgan fingerprint density at radius 3 is 2.31 bits per heavy atom. The van der Waals surface area contributed by atoms with Crippen molar-refractivity contribution in [3.8, 4) is 0 Å². The number of rotatable bonds is 6. The van der Waals surface area contributed by atoms with Gasteiger partial charge in [-0.05, 0) is 50.9 Å². The number of hydrogen-bond acceptors (Lipinski definition) is 0. The maximum Gasteiger partial charge on any atom is -0.0229 e. The van der Waals surface area contributed by atoms with E-state index < -0.39 is 0 Å². The van der Waals surface area contributed by atoms with E-state index in [1.165, 1.54) is 38.5 Å². The predicted molar refractivity (Wildman–Crippen MR) is 73.5 cm³/mol. The first-order valence-corrected chi connectivity index (χ1v) is 6.72. The van der Waals surface area contributed by atoms with Gasteiger partial charge in [-0.3, -0.25) is 0 Å². The predicted octanol–water partition coefficient (Wildman–Crippen LogP) is 5.43. The van der Waals surface area contributed by atoms with Gasteiger partial charge in [0.05, 0.1) is 0 Å². The van der Waals surface area contributed by atoms with Crippen LogP contribution in [0.3, 0.4) is 0 Å². The molecule has 0 heterocycles. The monoisotopic (exact) mass is 218 g/mol. The van der Waals surface area contributed by atoms with Crippen molar-refractivity contribution in [2.24, 2.45) is 5.92 Å². The molecule has 1 aliphatic rings. The second kappa shape index (κ2) is 7.49. The summed E-state index contributed by atoms with van der Waals surface area (Å²) < 4.78 is 0. The van der Waals surface area contributed by atoms with Gasteiger partial charge in [0.1, 0.15) is 0 Å². The van der Waals surface area contributed by atoms with Gasteiger partial charge in [-0.2, -0.15) is 0 Å². The van der Waals surface area contributed by atoms with Crippen LogP contribution in [0, 0.1) is 5.92 Å². The fourth-order valence-electron chi connectivity index (χ4n) is 2.71. The molecule has 0 spiro atoms. The zero-order valence-corrected chi connectivity index (χ0v) is 10.8. The molecule has 0 aliphatic heterocycles. The third-order valence-electron chi connectivity index (χ3n) is 3.68. The van der Waals surface area contributed by atoms with Crippen molar-refractivity contribution < 1.29 is 0 Å². The molecule has 0 aromatic carbocycles. The maximum atomic E-state index is 3.83. The van der Waals surface area contributed by atoms with E-state index in [0.29, 0.717) is 0 Å². The molecule has 0 radical (unpaired) electrons. The second-order valence-corrected chi connectivity index (χ2v) is 4.93. The van der Waals surface area contributed by atoms with Gasteiger partial charge in [0.2, 0.25) is 0 Å². The van der Waals surface area contributed by atoms with Crippen LogP contribution in [-0.2, 0) is 0 Å². The summed E-state index contributed by atoms with van der Waals surface area (Å²) in [4.78, 5) is 0. The Morgan fingerprint density at radius 1 is 1.19 bits per heavy atom. The molecule has 0 aromatic rings. The first-order chi connectivity index (χ1) is 7.79. The summed E-state index contributed by atoms with van der Waals surface area (Å²) in [6.45, 7) is 10.1. The van der Waals surface area contributed by atoms with Crippen LogP contribution in [0.2, 0.25) is 0 Å². The minimum atomic E-state index is 0.818. The van der Waals surface area contributed by atoms with Gasteiger partial charge in [0, 0.05) is 0 Å². The lowest BCUT2D eigenvalue weighted by Crippen LogP contribution is -2.09. The van der Waals surface area contributed by atoms with Crippen LogP contribution in [0.4, 0.5) is 0 Å². The Balaban J connectivity index is 2.71. The van der Waals surface area contributed by atoms with Crippen molar-refractivity contribution in [2.75, 3.05) is 0 Å². The first kappa shape index (κ1) is 13.3. The van der Waals surface area contributed by atoms with E-state index in [1.807, 2.05) is 12.2 Å². The summed E-state index contributed by atoms with van der Waals surface area (Å²) >= 11 is 0. The molecule has 1 saturated carbocycles. The van der Waals surface area contributed by atoms with Gasteiger partial charge < -0.3 is 0 Å². The Bertz CT molecular complexity index is 243. The van der Waals surface area contributed by atoms with E-state index in [-0.39, 0.29) is 0 Å². The van der Waals surface area contributed by atoms with E-state index >= 15 is 0 Å². The van der Waals surface area contributed by atoms with Gasteiger partial charge in [0.25, 0.3) is 0 Å². The Labute approximate surface area is 101 Å². The van der Waals surface area contributed by atoms with Crippen LogP contribution >= 0.6 is 0 Å². The summed E-state index contributed by atoms with van der Waals surface area (Å²) in [6.07, 6.45) is 14.3. The van der Waals surface area contributed by atoms with Gasteiger partial charge >= 0.3 is 0 Å². The minimum absolute atomic E-state index is 0.818. The van der Waals surface area contributed by atoms with Crippen molar-refractivity contribution in [1.82, 2.24) is 0 Å².